The summed E-state index contributed by atoms with van der Waals surface area (Å²) in [4.78, 5) is 38.7. The summed E-state index contributed by atoms with van der Waals surface area (Å²) < 4.78 is 0. The van der Waals surface area contributed by atoms with E-state index in [2.05, 4.69) is 0 Å². The second kappa shape index (κ2) is 4.73. The van der Waals surface area contributed by atoms with Crippen LogP contribution in [0.1, 0.15) is 6.92 Å². The largest absolute Gasteiger partial charge is 0.342 e. The number of hydrogen-bond acceptors (Lipinski definition) is 3. The Morgan fingerprint density at radius 1 is 1.06 bits per heavy atom. The molecule has 0 aromatic carbocycles. The fraction of sp³-hybridized carbons (Fsp3) is 0.727. The fourth-order valence-electron chi connectivity index (χ4n) is 2.20. The summed E-state index contributed by atoms with van der Waals surface area (Å²) in [6.45, 7) is 5.03. The molecule has 17 heavy (non-hydrogen) atoms. The highest BCUT2D eigenvalue weighted by Crippen LogP contribution is 2.18. The van der Waals surface area contributed by atoms with E-state index in [-0.39, 0.29) is 17.7 Å². The van der Waals surface area contributed by atoms with E-state index in [4.69, 9.17) is 0 Å². The third-order valence-corrected chi connectivity index (χ3v) is 3.45. The van der Waals surface area contributed by atoms with Gasteiger partial charge in [-0.2, -0.15) is 0 Å². The smallest absolute Gasteiger partial charge is 0.229 e. The minimum absolute atomic E-state index is 0.0276. The standard InChI is InChI=1S/C11H17N3O3/c1-9(16)14-6-10(7-14)11(17)13-4-2-12(8-15)3-5-13/h8,10H,2-7H2,1H3. The van der Waals surface area contributed by atoms with Crippen LogP contribution in [0.4, 0.5) is 0 Å². The van der Waals surface area contributed by atoms with Crippen LogP contribution >= 0.6 is 0 Å². The van der Waals surface area contributed by atoms with Crippen LogP contribution in [0.5, 0.6) is 0 Å². The van der Waals surface area contributed by atoms with E-state index in [1.54, 1.807) is 14.7 Å². The molecule has 2 fully saturated rings. The number of hydrogen-bond donors (Lipinski definition) is 0. The molecule has 0 N–H and O–H groups in total. The Kier molecular flexibility index (Phi) is 3.31. The number of rotatable bonds is 2. The molecule has 2 aliphatic rings. The van der Waals surface area contributed by atoms with Crippen LogP contribution < -0.4 is 0 Å². The van der Waals surface area contributed by atoms with Crippen molar-refractivity contribution in [2.24, 2.45) is 5.92 Å². The number of amides is 3. The van der Waals surface area contributed by atoms with Crippen molar-refractivity contribution in [2.75, 3.05) is 39.3 Å². The van der Waals surface area contributed by atoms with Crippen molar-refractivity contribution in [2.45, 2.75) is 6.92 Å². The van der Waals surface area contributed by atoms with Gasteiger partial charge < -0.3 is 14.7 Å². The quantitative estimate of drug-likeness (QED) is 0.567. The predicted molar refractivity (Wildman–Crippen MR) is 60.0 cm³/mol. The summed E-state index contributed by atoms with van der Waals surface area (Å²) in [6.07, 6.45) is 0.822. The van der Waals surface area contributed by atoms with Gasteiger partial charge in [-0.3, -0.25) is 14.4 Å². The Bertz CT molecular complexity index is 331. The molecule has 0 aliphatic carbocycles. The molecule has 0 radical (unpaired) electrons. The first-order valence-electron chi connectivity index (χ1n) is 5.85. The normalized spacial score (nSPS) is 21.1. The third-order valence-electron chi connectivity index (χ3n) is 3.45. The highest BCUT2D eigenvalue weighted by atomic mass is 16.2. The topological polar surface area (TPSA) is 60.9 Å². The maximum Gasteiger partial charge on any atom is 0.229 e. The molecule has 94 valence electrons. The molecule has 0 unspecified atom stereocenters. The second-order valence-corrected chi connectivity index (χ2v) is 4.59. The van der Waals surface area contributed by atoms with Crippen molar-refractivity contribution < 1.29 is 14.4 Å². The molecule has 0 aromatic heterocycles. The van der Waals surface area contributed by atoms with Crippen LogP contribution in [0.15, 0.2) is 0 Å². The fourth-order valence-corrected chi connectivity index (χ4v) is 2.20. The summed E-state index contributed by atoms with van der Waals surface area (Å²) >= 11 is 0. The SMILES string of the molecule is CC(=O)N1CC(C(=O)N2CCN(C=O)CC2)C1. The van der Waals surface area contributed by atoms with E-state index in [1.807, 2.05) is 0 Å². The average molecular weight is 239 g/mol. The Balaban J connectivity index is 1.78. The molecule has 6 nitrogen and oxygen atoms in total. The first-order chi connectivity index (χ1) is 8.11. The van der Waals surface area contributed by atoms with Crippen molar-refractivity contribution in [1.29, 1.82) is 0 Å². The van der Waals surface area contributed by atoms with Gasteiger partial charge in [0.2, 0.25) is 18.2 Å². The minimum atomic E-state index is -0.0401. The first-order valence-corrected chi connectivity index (χ1v) is 5.85. The van der Waals surface area contributed by atoms with Gasteiger partial charge in [-0.15, -0.1) is 0 Å². The maximum absolute atomic E-state index is 12.0. The van der Waals surface area contributed by atoms with Crippen molar-refractivity contribution in [3.05, 3.63) is 0 Å². The number of carbonyl (C=O) groups excluding carboxylic acids is 3. The molecule has 2 rings (SSSR count). The van der Waals surface area contributed by atoms with Gasteiger partial charge in [0.1, 0.15) is 0 Å². The summed E-state index contributed by atoms with van der Waals surface area (Å²) in [7, 11) is 0. The van der Waals surface area contributed by atoms with Gasteiger partial charge in [0.25, 0.3) is 0 Å². The van der Waals surface area contributed by atoms with E-state index in [1.165, 1.54) is 6.92 Å². The molecule has 0 saturated carbocycles. The van der Waals surface area contributed by atoms with Gasteiger partial charge in [0.15, 0.2) is 0 Å². The van der Waals surface area contributed by atoms with E-state index in [0.29, 0.717) is 39.3 Å². The number of piperazine rings is 1. The van der Waals surface area contributed by atoms with Gasteiger partial charge >= 0.3 is 0 Å². The lowest BCUT2D eigenvalue weighted by Crippen LogP contribution is -2.58. The van der Waals surface area contributed by atoms with E-state index >= 15 is 0 Å². The van der Waals surface area contributed by atoms with Crippen molar-refractivity contribution >= 4 is 18.2 Å². The molecule has 0 aromatic rings. The summed E-state index contributed by atoms with van der Waals surface area (Å²) in [6, 6.07) is 0. The Hall–Kier alpha value is -1.59. The maximum atomic E-state index is 12.0. The minimum Gasteiger partial charge on any atom is -0.342 e. The van der Waals surface area contributed by atoms with Gasteiger partial charge in [0, 0.05) is 46.2 Å². The highest BCUT2D eigenvalue weighted by Gasteiger charge is 2.37. The monoisotopic (exact) mass is 239 g/mol. The molecule has 2 heterocycles. The van der Waals surface area contributed by atoms with Crippen LogP contribution in [0.2, 0.25) is 0 Å². The summed E-state index contributed by atoms with van der Waals surface area (Å²) in [5.74, 6) is 0.106. The van der Waals surface area contributed by atoms with Gasteiger partial charge in [0.05, 0.1) is 5.92 Å². The molecular weight excluding hydrogens is 222 g/mol. The number of nitrogens with zero attached hydrogens (tertiary/aromatic N) is 3. The highest BCUT2D eigenvalue weighted by molar-refractivity contribution is 5.83. The molecule has 3 amide bonds. The molecule has 0 atom stereocenters. The Morgan fingerprint density at radius 3 is 2.12 bits per heavy atom. The van der Waals surface area contributed by atoms with Crippen LogP contribution in [0, 0.1) is 5.92 Å². The van der Waals surface area contributed by atoms with Crippen LogP contribution in [-0.4, -0.2) is 72.2 Å². The zero-order chi connectivity index (χ0) is 12.4. The van der Waals surface area contributed by atoms with Crippen LogP contribution in [-0.2, 0) is 14.4 Å². The van der Waals surface area contributed by atoms with E-state index in [0.717, 1.165) is 6.41 Å². The van der Waals surface area contributed by atoms with Crippen LogP contribution in [0.25, 0.3) is 0 Å². The van der Waals surface area contributed by atoms with E-state index < -0.39 is 0 Å². The Morgan fingerprint density at radius 2 is 1.65 bits per heavy atom. The molecule has 0 bridgehead atoms. The molecule has 0 spiro atoms. The lowest BCUT2D eigenvalue weighted by atomic mass is 9.98. The lowest BCUT2D eigenvalue weighted by Gasteiger charge is -2.42. The second-order valence-electron chi connectivity index (χ2n) is 4.59. The lowest BCUT2D eigenvalue weighted by molar-refractivity contribution is -0.149. The van der Waals surface area contributed by atoms with Crippen molar-refractivity contribution in [3.63, 3.8) is 0 Å². The number of likely N-dealkylation sites (tertiary alicyclic amines) is 1. The van der Waals surface area contributed by atoms with Gasteiger partial charge in [-0.05, 0) is 0 Å². The van der Waals surface area contributed by atoms with Gasteiger partial charge in [-0.25, -0.2) is 0 Å². The molecule has 2 saturated heterocycles. The molecular formula is C11H17N3O3. The first kappa shape index (κ1) is 11.9. The summed E-state index contributed by atoms with van der Waals surface area (Å²) in [5.41, 5.74) is 0. The third kappa shape index (κ3) is 2.40. The number of carbonyl (C=O) groups is 3. The zero-order valence-electron chi connectivity index (χ0n) is 9.96. The predicted octanol–water partition coefficient (Wildman–Crippen LogP) is -1.23. The molecule has 6 heteroatoms. The van der Waals surface area contributed by atoms with E-state index in [9.17, 15) is 14.4 Å². The average Bonchev–Trinajstić information content (AvgIpc) is 2.26. The Labute approximate surface area is 100 Å². The zero-order valence-corrected chi connectivity index (χ0v) is 9.96. The summed E-state index contributed by atoms with van der Waals surface area (Å²) in [5, 5.41) is 0. The van der Waals surface area contributed by atoms with Crippen LogP contribution in [0.3, 0.4) is 0 Å². The molecule has 2 aliphatic heterocycles. The van der Waals surface area contributed by atoms with Gasteiger partial charge in [-0.1, -0.05) is 0 Å². The van der Waals surface area contributed by atoms with Crippen molar-refractivity contribution in [3.8, 4) is 0 Å². The van der Waals surface area contributed by atoms with Crippen molar-refractivity contribution in [1.82, 2.24) is 14.7 Å².